The van der Waals surface area contributed by atoms with Gasteiger partial charge in [0.2, 0.25) is 15.9 Å². The number of sulfonamides is 1. The molecule has 3 aliphatic heterocycles. The van der Waals surface area contributed by atoms with E-state index < -0.39 is 10.0 Å². The molecule has 1 N–H and O–H groups in total. The maximum atomic E-state index is 13.1. The molecular formula is C24H36N4O6S. The number of hydrogen-bond acceptors (Lipinski definition) is 7. The number of amides is 2. The Morgan fingerprint density at radius 3 is 2.57 bits per heavy atom. The van der Waals surface area contributed by atoms with Crippen LogP contribution in [0.25, 0.3) is 0 Å². The summed E-state index contributed by atoms with van der Waals surface area (Å²) in [5, 5.41) is 2.90. The molecule has 194 valence electrons. The fourth-order valence-corrected chi connectivity index (χ4v) is 6.58. The second kappa shape index (κ2) is 11.2. The van der Waals surface area contributed by atoms with Crippen LogP contribution in [0.2, 0.25) is 0 Å². The lowest BCUT2D eigenvalue weighted by molar-refractivity contribution is -0.125. The number of carbonyl (C=O) groups is 2. The third-order valence-electron chi connectivity index (χ3n) is 6.70. The number of carbonyl (C=O) groups excluding carboxylic acids is 2. The van der Waals surface area contributed by atoms with Crippen LogP contribution in [-0.4, -0.2) is 95.1 Å². The largest absolute Gasteiger partial charge is 0.482 e. The number of anilines is 1. The van der Waals surface area contributed by atoms with E-state index in [0.717, 1.165) is 26.1 Å². The zero-order valence-electron chi connectivity index (χ0n) is 20.6. The predicted molar refractivity (Wildman–Crippen MR) is 131 cm³/mol. The van der Waals surface area contributed by atoms with Gasteiger partial charge in [-0.25, -0.2) is 8.42 Å². The summed E-state index contributed by atoms with van der Waals surface area (Å²) in [6.45, 7) is 9.04. The second-order valence-corrected chi connectivity index (χ2v) is 11.8. The smallest absolute Gasteiger partial charge is 0.265 e. The molecule has 4 rings (SSSR count). The molecule has 3 aliphatic rings. The summed E-state index contributed by atoms with van der Waals surface area (Å²) in [5.74, 6) is 1.10. The second-order valence-electron chi connectivity index (χ2n) is 9.82. The van der Waals surface area contributed by atoms with E-state index in [1.807, 2.05) is 0 Å². The molecule has 35 heavy (non-hydrogen) atoms. The molecule has 2 amide bonds. The van der Waals surface area contributed by atoms with Gasteiger partial charge in [-0.2, -0.15) is 4.31 Å². The highest BCUT2D eigenvalue weighted by Gasteiger charge is 2.32. The van der Waals surface area contributed by atoms with E-state index in [0.29, 0.717) is 43.0 Å². The van der Waals surface area contributed by atoms with E-state index in [4.69, 9.17) is 9.47 Å². The van der Waals surface area contributed by atoms with Crippen LogP contribution in [-0.2, 0) is 24.3 Å². The molecule has 10 nitrogen and oxygen atoms in total. The van der Waals surface area contributed by atoms with Crippen LogP contribution >= 0.6 is 0 Å². The van der Waals surface area contributed by atoms with Crippen molar-refractivity contribution in [3.8, 4) is 5.75 Å². The van der Waals surface area contributed by atoms with Crippen LogP contribution in [0.5, 0.6) is 5.75 Å². The highest BCUT2D eigenvalue weighted by Crippen LogP contribution is 2.35. The van der Waals surface area contributed by atoms with Gasteiger partial charge in [-0.3, -0.25) is 14.5 Å². The van der Waals surface area contributed by atoms with Crippen LogP contribution in [0.15, 0.2) is 23.1 Å². The minimum atomic E-state index is -3.75. The molecule has 1 aromatic carbocycles. The maximum absolute atomic E-state index is 13.1. The average Bonchev–Trinajstić information content (AvgIpc) is 2.83. The monoisotopic (exact) mass is 508 g/mol. The van der Waals surface area contributed by atoms with Crippen molar-refractivity contribution in [2.75, 3.05) is 70.5 Å². The van der Waals surface area contributed by atoms with Gasteiger partial charge >= 0.3 is 0 Å². The minimum Gasteiger partial charge on any atom is -0.482 e. The van der Waals surface area contributed by atoms with Crippen molar-refractivity contribution in [3.05, 3.63) is 18.2 Å². The lowest BCUT2D eigenvalue weighted by Gasteiger charge is -2.35. The number of morpholine rings is 1. The fraction of sp³-hybridized carbons (Fsp3) is 0.667. The van der Waals surface area contributed by atoms with Crippen molar-refractivity contribution in [2.24, 2.45) is 11.8 Å². The molecule has 2 fully saturated rings. The Morgan fingerprint density at radius 1 is 1.14 bits per heavy atom. The number of fused-ring (bicyclic) bond motifs is 1. The summed E-state index contributed by atoms with van der Waals surface area (Å²) in [6.07, 6.45) is 2.10. The van der Waals surface area contributed by atoms with Crippen molar-refractivity contribution in [2.45, 2.75) is 31.6 Å². The number of nitrogens with zero attached hydrogens (tertiary/aromatic N) is 3. The topological polar surface area (TPSA) is 108 Å². The van der Waals surface area contributed by atoms with E-state index in [9.17, 15) is 18.0 Å². The van der Waals surface area contributed by atoms with Gasteiger partial charge in [0.15, 0.2) is 6.61 Å². The van der Waals surface area contributed by atoms with Crippen molar-refractivity contribution in [1.29, 1.82) is 0 Å². The number of nitrogens with one attached hydrogen (secondary N) is 1. The average molecular weight is 509 g/mol. The molecule has 2 atom stereocenters. The van der Waals surface area contributed by atoms with E-state index >= 15 is 0 Å². The van der Waals surface area contributed by atoms with Gasteiger partial charge in [0.05, 0.1) is 23.8 Å². The first kappa shape index (κ1) is 25.9. The highest BCUT2D eigenvalue weighted by molar-refractivity contribution is 7.89. The Hall–Kier alpha value is -2.21. The summed E-state index contributed by atoms with van der Waals surface area (Å²) in [5.41, 5.74) is 0.294. The summed E-state index contributed by atoms with van der Waals surface area (Å²) in [7, 11) is -3.75. The van der Waals surface area contributed by atoms with Crippen molar-refractivity contribution < 1.29 is 27.5 Å². The maximum Gasteiger partial charge on any atom is 0.265 e. The Balaban J connectivity index is 1.36. The van der Waals surface area contributed by atoms with E-state index in [1.165, 1.54) is 27.8 Å². The zero-order chi connectivity index (χ0) is 25.0. The molecule has 0 saturated carbocycles. The number of likely N-dealkylation sites (tertiary alicyclic amines) is 1. The molecule has 0 bridgehead atoms. The normalized spacial score (nSPS) is 24.1. The van der Waals surface area contributed by atoms with Crippen LogP contribution < -0.4 is 15.0 Å². The first-order valence-electron chi connectivity index (χ1n) is 12.4. The number of hydrogen-bond donors (Lipinski definition) is 1. The molecule has 0 spiro atoms. The molecule has 0 aromatic heterocycles. The molecule has 1 aromatic rings. The zero-order valence-corrected chi connectivity index (χ0v) is 21.4. The molecule has 0 unspecified atom stereocenters. The highest BCUT2D eigenvalue weighted by atomic mass is 32.2. The van der Waals surface area contributed by atoms with Gasteiger partial charge in [-0.05, 0) is 49.4 Å². The lowest BCUT2D eigenvalue weighted by Crippen LogP contribution is -2.46. The van der Waals surface area contributed by atoms with Gasteiger partial charge < -0.3 is 19.7 Å². The SMILES string of the molecule is C[C@H]1C[C@H](C)CN(CCCNC(=O)CN2C(=O)COc3ccc(S(=O)(=O)N4CCOCC4)cc32)C1. The van der Waals surface area contributed by atoms with Crippen molar-refractivity contribution in [3.63, 3.8) is 0 Å². The number of benzene rings is 1. The third-order valence-corrected chi connectivity index (χ3v) is 8.60. The summed E-state index contributed by atoms with van der Waals surface area (Å²) in [4.78, 5) is 29.1. The van der Waals surface area contributed by atoms with E-state index in [-0.39, 0.29) is 43.0 Å². The molecule has 0 aliphatic carbocycles. The summed E-state index contributed by atoms with van der Waals surface area (Å²) >= 11 is 0. The molecule has 0 radical (unpaired) electrons. The predicted octanol–water partition coefficient (Wildman–Crippen LogP) is 0.917. The number of rotatable bonds is 8. The minimum absolute atomic E-state index is 0.0619. The third kappa shape index (κ3) is 6.32. The van der Waals surface area contributed by atoms with Gasteiger partial charge in [0.1, 0.15) is 12.3 Å². The Bertz CT molecular complexity index is 1020. The standard InChI is InChI=1S/C24H36N4O6S/c1-18-12-19(2)15-26(14-18)7-3-6-25-23(29)16-28-21-13-20(4-5-22(21)34-17-24(28)30)35(31,32)27-8-10-33-11-9-27/h4-5,13,18-19H,3,6-12,14-17H2,1-2H3,(H,25,29)/t18-,19-/m0/s1. The van der Waals surface area contributed by atoms with E-state index in [2.05, 4.69) is 24.1 Å². The molecule has 11 heteroatoms. The van der Waals surface area contributed by atoms with Crippen LogP contribution in [0.3, 0.4) is 0 Å². The Kier molecular flexibility index (Phi) is 8.31. The van der Waals surface area contributed by atoms with Crippen molar-refractivity contribution >= 4 is 27.5 Å². The quantitative estimate of drug-likeness (QED) is 0.520. The first-order valence-corrected chi connectivity index (χ1v) is 13.8. The van der Waals surface area contributed by atoms with Crippen LogP contribution in [0.1, 0.15) is 26.7 Å². The fourth-order valence-electron chi connectivity index (χ4n) is 5.16. The van der Waals surface area contributed by atoms with Crippen LogP contribution in [0.4, 0.5) is 5.69 Å². The molecular weight excluding hydrogens is 472 g/mol. The molecule has 3 heterocycles. The first-order chi connectivity index (χ1) is 16.7. The van der Waals surface area contributed by atoms with Gasteiger partial charge in [0.25, 0.3) is 5.91 Å². The van der Waals surface area contributed by atoms with E-state index in [1.54, 1.807) is 6.07 Å². The lowest BCUT2D eigenvalue weighted by atomic mass is 9.92. The van der Waals surface area contributed by atoms with Gasteiger partial charge in [-0.15, -0.1) is 0 Å². The molecule has 2 saturated heterocycles. The van der Waals surface area contributed by atoms with Crippen LogP contribution in [0, 0.1) is 11.8 Å². The number of piperidine rings is 1. The summed E-state index contributed by atoms with van der Waals surface area (Å²) < 4.78 is 38.2. The number of ether oxygens (including phenoxy) is 2. The van der Waals surface area contributed by atoms with Gasteiger partial charge in [0, 0.05) is 32.7 Å². The summed E-state index contributed by atoms with van der Waals surface area (Å²) in [6, 6.07) is 4.43. The Labute approximate surface area is 207 Å². The van der Waals surface area contributed by atoms with Gasteiger partial charge in [-0.1, -0.05) is 13.8 Å². The Morgan fingerprint density at radius 2 is 1.86 bits per heavy atom. The van der Waals surface area contributed by atoms with Crippen molar-refractivity contribution in [1.82, 2.24) is 14.5 Å².